The van der Waals surface area contributed by atoms with Crippen LogP contribution in [0.15, 0.2) is 60.9 Å². The quantitative estimate of drug-likeness (QED) is 0.685. The Hall–Kier alpha value is -3.15. The fourth-order valence-electron chi connectivity index (χ4n) is 3.62. The van der Waals surface area contributed by atoms with Gasteiger partial charge in [-0.2, -0.15) is 0 Å². The average Bonchev–Trinajstić information content (AvgIpc) is 3.19. The Bertz CT molecular complexity index is 938. The number of nitrogens with zero attached hydrogens (tertiary/aromatic N) is 4. The Labute approximate surface area is 164 Å². The van der Waals surface area contributed by atoms with Crippen LogP contribution in [0, 0.1) is 6.92 Å². The Morgan fingerprint density at radius 1 is 1.18 bits per heavy atom. The SMILES string of the molecule is Cc1nccn1-c1cccc([C@H]2CCCN(C(=O)COc3ccccc3)C2)n1. The molecule has 0 unspecified atom stereocenters. The van der Waals surface area contributed by atoms with Crippen LogP contribution in [0.5, 0.6) is 5.75 Å². The van der Waals surface area contributed by atoms with Crippen molar-refractivity contribution in [3.8, 4) is 11.6 Å². The summed E-state index contributed by atoms with van der Waals surface area (Å²) in [5.41, 5.74) is 1.02. The zero-order chi connectivity index (χ0) is 19.3. The van der Waals surface area contributed by atoms with Crippen LogP contribution in [0.4, 0.5) is 0 Å². The summed E-state index contributed by atoms with van der Waals surface area (Å²) in [6.45, 7) is 3.48. The number of benzene rings is 1. The lowest BCUT2D eigenvalue weighted by Gasteiger charge is -2.32. The van der Waals surface area contributed by atoms with Crippen LogP contribution in [-0.4, -0.2) is 45.0 Å². The van der Waals surface area contributed by atoms with Crippen molar-refractivity contribution in [2.45, 2.75) is 25.7 Å². The molecular weight excluding hydrogens is 352 g/mol. The van der Waals surface area contributed by atoms with Crippen molar-refractivity contribution in [1.82, 2.24) is 19.4 Å². The highest BCUT2D eigenvalue weighted by Crippen LogP contribution is 2.26. The molecule has 1 fully saturated rings. The molecule has 1 aliphatic heterocycles. The van der Waals surface area contributed by atoms with Crippen molar-refractivity contribution in [2.75, 3.05) is 19.7 Å². The summed E-state index contributed by atoms with van der Waals surface area (Å²) in [6, 6.07) is 15.5. The zero-order valence-electron chi connectivity index (χ0n) is 16.0. The predicted molar refractivity (Wildman–Crippen MR) is 107 cm³/mol. The Morgan fingerprint density at radius 2 is 2.04 bits per heavy atom. The summed E-state index contributed by atoms with van der Waals surface area (Å²) in [5, 5.41) is 0. The minimum Gasteiger partial charge on any atom is -0.484 e. The second-order valence-corrected chi connectivity index (χ2v) is 7.05. The molecule has 0 bridgehead atoms. The van der Waals surface area contributed by atoms with Gasteiger partial charge in [0.15, 0.2) is 6.61 Å². The molecule has 6 heteroatoms. The molecule has 1 saturated heterocycles. The molecule has 1 aliphatic rings. The Balaban J connectivity index is 1.42. The standard InChI is InChI=1S/C22H24N4O2/c1-17-23-12-14-26(17)21-11-5-10-20(24-21)18-7-6-13-25(15-18)22(27)16-28-19-8-3-2-4-9-19/h2-5,8-12,14,18H,6-7,13,15-16H2,1H3/t18-/m0/s1. The van der Waals surface area contributed by atoms with Crippen LogP contribution in [0.25, 0.3) is 5.82 Å². The van der Waals surface area contributed by atoms with E-state index in [0.717, 1.165) is 42.5 Å². The van der Waals surface area contributed by atoms with E-state index in [0.29, 0.717) is 6.54 Å². The van der Waals surface area contributed by atoms with Crippen molar-refractivity contribution in [1.29, 1.82) is 0 Å². The minimum absolute atomic E-state index is 0.0233. The second-order valence-electron chi connectivity index (χ2n) is 7.05. The number of aryl methyl sites for hydroxylation is 1. The summed E-state index contributed by atoms with van der Waals surface area (Å²) in [6.07, 6.45) is 5.69. The lowest BCUT2D eigenvalue weighted by Crippen LogP contribution is -2.41. The summed E-state index contributed by atoms with van der Waals surface area (Å²) in [5.74, 6) is 2.74. The number of piperidine rings is 1. The predicted octanol–water partition coefficient (Wildman–Crippen LogP) is 3.36. The highest BCUT2D eigenvalue weighted by molar-refractivity contribution is 5.78. The van der Waals surface area contributed by atoms with Crippen LogP contribution < -0.4 is 4.74 Å². The first-order chi connectivity index (χ1) is 13.7. The summed E-state index contributed by atoms with van der Waals surface area (Å²) < 4.78 is 7.60. The van der Waals surface area contributed by atoms with Gasteiger partial charge < -0.3 is 9.64 Å². The van der Waals surface area contributed by atoms with Gasteiger partial charge in [0.05, 0.1) is 0 Å². The van der Waals surface area contributed by atoms with Crippen molar-refractivity contribution < 1.29 is 9.53 Å². The molecule has 3 heterocycles. The van der Waals surface area contributed by atoms with E-state index in [9.17, 15) is 4.79 Å². The molecule has 0 saturated carbocycles. The third-order valence-corrected chi connectivity index (χ3v) is 5.13. The fraction of sp³-hybridized carbons (Fsp3) is 0.318. The van der Waals surface area contributed by atoms with Crippen molar-refractivity contribution in [3.63, 3.8) is 0 Å². The molecule has 1 atom stereocenters. The average molecular weight is 376 g/mol. The van der Waals surface area contributed by atoms with E-state index >= 15 is 0 Å². The molecule has 4 rings (SSSR count). The van der Waals surface area contributed by atoms with Gasteiger partial charge in [-0.25, -0.2) is 9.97 Å². The molecule has 28 heavy (non-hydrogen) atoms. The molecule has 0 aliphatic carbocycles. The van der Waals surface area contributed by atoms with Gasteiger partial charge in [0.25, 0.3) is 5.91 Å². The van der Waals surface area contributed by atoms with E-state index in [-0.39, 0.29) is 18.4 Å². The van der Waals surface area contributed by atoms with Crippen molar-refractivity contribution in [3.05, 3.63) is 72.4 Å². The normalized spacial score (nSPS) is 16.8. The summed E-state index contributed by atoms with van der Waals surface area (Å²) >= 11 is 0. The van der Waals surface area contributed by atoms with Crippen LogP contribution in [0.1, 0.15) is 30.3 Å². The summed E-state index contributed by atoms with van der Waals surface area (Å²) in [7, 11) is 0. The van der Waals surface area contributed by atoms with Gasteiger partial charge in [0, 0.05) is 37.1 Å². The van der Waals surface area contributed by atoms with Gasteiger partial charge in [0.2, 0.25) is 0 Å². The number of rotatable bonds is 5. The number of carbonyl (C=O) groups is 1. The number of hydrogen-bond acceptors (Lipinski definition) is 4. The number of carbonyl (C=O) groups excluding carboxylic acids is 1. The molecule has 1 amide bonds. The fourth-order valence-corrected chi connectivity index (χ4v) is 3.62. The largest absolute Gasteiger partial charge is 0.484 e. The Morgan fingerprint density at radius 3 is 2.82 bits per heavy atom. The van der Waals surface area contributed by atoms with E-state index < -0.39 is 0 Å². The molecule has 0 N–H and O–H groups in total. The summed E-state index contributed by atoms with van der Waals surface area (Å²) in [4.78, 5) is 23.6. The molecule has 3 aromatic rings. The number of likely N-dealkylation sites (tertiary alicyclic amines) is 1. The first kappa shape index (κ1) is 18.2. The molecule has 1 aromatic carbocycles. The molecule has 0 spiro atoms. The smallest absolute Gasteiger partial charge is 0.260 e. The monoisotopic (exact) mass is 376 g/mol. The van der Waals surface area contributed by atoms with E-state index in [1.165, 1.54) is 0 Å². The third kappa shape index (κ3) is 4.06. The van der Waals surface area contributed by atoms with Gasteiger partial charge in [0.1, 0.15) is 17.4 Å². The maximum atomic E-state index is 12.6. The Kier molecular flexibility index (Phi) is 5.37. The van der Waals surface area contributed by atoms with E-state index in [1.54, 1.807) is 6.20 Å². The number of ether oxygens (including phenoxy) is 1. The molecule has 6 nitrogen and oxygen atoms in total. The second kappa shape index (κ2) is 8.25. The van der Waals surface area contributed by atoms with Crippen LogP contribution >= 0.6 is 0 Å². The maximum absolute atomic E-state index is 12.6. The van der Waals surface area contributed by atoms with E-state index in [1.807, 2.05) is 65.1 Å². The number of pyridine rings is 1. The highest BCUT2D eigenvalue weighted by Gasteiger charge is 2.26. The van der Waals surface area contributed by atoms with E-state index in [2.05, 4.69) is 11.1 Å². The van der Waals surface area contributed by atoms with Gasteiger partial charge in [-0.05, 0) is 44.0 Å². The molecule has 0 radical (unpaired) electrons. The number of hydrogen-bond donors (Lipinski definition) is 0. The number of imidazole rings is 1. The first-order valence-electron chi connectivity index (χ1n) is 9.63. The topological polar surface area (TPSA) is 60.2 Å². The van der Waals surface area contributed by atoms with E-state index in [4.69, 9.17) is 9.72 Å². The highest BCUT2D eigenvalue weighted by atomic mass is 16.5. The van der Waals surface area contributed by atoms with Crippen molar-refractivity contribution >= 4 is 5.91 Å². The van der Waals surface area contributed by atoms with Gasteiger partial charge in [-0.3, -0.25) is 9.36 Å². The van der Waals surface area contributed by atoms with Crippen LogP contribution in [-0.2, 0) is 4.79 Å². The van der Waals surface area contributed by atoms with Crippen LogP contribution in [0.2, 0.25) is 0 Å². The molecule has 2 aromatic heterocycles. The minimum atomic E-state index is 0.0233. The lowest BCUT2D eigenvalue weighted by atomic mass is 9.94. The van der Waals surface area contributed by atoms with Crippen LogP contribution in [0.3, 0.4) is 0 Å². The first-order valence-corrected chi connectivity index (χ1v) is 9.63. The lowest BCUT2D eigenvalue weighted by molar-refractivity contribution is -0.134. The van der Waals surface area contributed by atoms with Gasteiger partial charge in [-0.15, -0.1) is 0 Å². The number of aromatic nitrogens is 3. The van der Waals surface area contributed by atoms with Gasteiger partial charge >= 0.3 is 0 Å². The third-order valence-electron chi connectivity index (χ3n) is 5.13. The van der Waals surface area contributed by atoms with Crippen molar-refractivity contribution in [2.24, 2.45) is 0 Å². The maximum Gasteiger partial charge on any atom is 0.260 e. The van der Waals surface area contributed by atoms with Gasteiger partial charge in [-0.1, -0.05) is 24.3 Å². The molecule has 144 valence electrons. The number of para-hydroxylation sites is 1. The molecular formula is C22H24N4O2. The number of amides is 1. The zero-order valence-corrected chi connectivity index (χ0v) is 16.0.